The summed E-state index contributed by atoms with van der Waals surface area (Å²) >= 11 is 0. The molecule has 1 amide bonds. The summed E-state index contributed by atoms with van der Waals surface area (Å²) in [4.78, 5) is 10.7. The number of amides is 1. The van der Waals surface area contributed by atoms with Crippen molar-refractivity contribution in [1.29, 1.82) is 0 Å². The lowest BCUT2D eigenvalue weighted by Crippen LogP contribution is -2.40. The van der Waals surface area contributed by atoms with Gasteiger partial charge in [0.2, 0.25) is 0 Å². The number of nitrogens with two attached hydrogens (primary N) is 1. The minimum Gasteiger partial charge on any atom is -0.443 e. The second-order valence-electron chi connectivity index (χ2n) is 3.35. The van der Waals surface area contributed by atoms with Crippen LogP contribution in [0.2, 0.25) is 0 Å². The quantitative estimate of drug-likeness (QED) is 0.584. The third-order valence-corrected chi connectivity index (χ3v) is 2.42. The molecule has 0 saturated heterocycles. The van der Waals surface area contributed by atoms with Crippen molar-refractivity contribution in [2.75, 3.05) is 6.61 Å². The average Bonchev–Trinajstić information content (AvgIpc) is 2.15. The molecule has 0 radical (unpaired) electrons. The first-order chi connectivity index (χ1) is 6.49. The van der Waals surface area contributed by atoms with E-state index in [9.17, 15) is 9.90 Å². The van der Waals surface area contributed by atoms with E-state index < -0.39 is 17.8 Å². The molecule has 0 bridgehead atoms. The third kappa shape index (κ3) is 3.93. The normalized spacial score (nSPS) is 13.7. The predicted molar refractivity (Wildman–Crippen MR) is 51.7 cm³/mol. The van der Waals surface area contributed by atoms with Gasteiger partial charge in [-0.05, 0) is 12.8 Å². The summed E-state index contributed by atoms with van der Waals surface area (Å²) < 4.78 is 4.98. The molecule has 5 nitrogen and oxygen atoms in total. The van der Waals surface area contributed by atoms with Gasteiger partial charge >= 0.3 is 6.09 Å². The predicted octanol–water partition coefficient (Wildman–Crippen LogP) is 0.384. The first kappa shape index (κ1) is 13.2. The van der Waals surface area contributed by atoms with Crippen LogP contribution in [-0.2, 0) is 4.74 Å². The molecule has 0 rings (SSSR count). The van der Waals surface area contributed by atoms with Gasteiger partial charge in [-0.25, -0.2) is 4.79 Å². The fourth-order valence-electron chi connectivity index (χ4n) is 1.43. The molecule has 1 atom stereocenters. The molecule has 0 heterocycles. The van der Waals surface area contributed by atoms with Crippen molar-refractivity contribution in [1.82, 2.24) is 0 Å². The van der Waals surface area contributed by atoms with Crippen LogP contribution < -0.4 is 5.73 Å². The Morgan fingerprint density at radius 2 is 2.00 bits per heavy atom. The van der Waals surface area contributed by atoms with E-state index in [4.69, 9.17) is 15.6 Å². The number of primary amides is 1. The fourth-order valence-corrected chi connectivity index (χ4v) is 1.43. The summed E-state index contributed by atoms with van der Waals surface area (Å²) in [5.41, 5.74) is 4.19. The summed E-state index contributed by atoms with van der Waals surface area (Å²) in [6.45, 7) is 3.34. The van der Waals surface area contributed by atoms with E-state index in [0.717, 1.165) is 0 Å². The van der Waals surface area contributed by atoms with Gasteiger partial charge in [-0.15, -0.1) is 0 Å². The van der Waals surface area contributed by atoms with Crippen molar-refractivity contribution >= 4 is 6.09 Å². The van der Waals surface area contributed by atoms with Crippen LogP contribution in [-0.4, -0.2) is 34.6 Å². The van der Waals surface area contributed by atoms with Gasteiger partial charge in [-0.1, -0.05) is 13.8 Å². The molecule has 0 aromatic heterocycles. The van der Waals surface area contributed by atoms with Gasteiger partial charge in [0.25, 0.3) is 0 Å². The van der Waals surface area contributed by atoms with Gasteiger partial charge in [0.15, 0.2) is 0 Å². The number of hydrogen-bond donors (Lipinski definition) is 3. The number of aliphatic hydroxyl groups excluding tert-OH is 2. The molecule has 1 unspecified atom stereocenters. The largest absolute Gasteiger partial charge is 0.443 e. The van der Waals surface area contributed by atoms with Crippen molar-refractivity contribution in [3.8, 4) is 0 Å². The molecule has 0 saturated carbocycles. The average molecular weight is 205 g/mol. The second-order valence-corrected chi connectivity index (χ2v) is 3.35. The zero-order chi connectivity index (χ0) is 11.2. The summed E-state index contributed by atoms with van der Waals surface area (Å²) in [5, 5.41) is 18.0. The molecule has 5 heteroatoms. The molecule has 0 aliphatic carbocycles. The molecular weight excluding hydrogens is 186 g/mol. The van der Waals surface area contributed by atoms with Gasteiger partial charge in [0.05, 0.1) is 12.7 Å². The van der Waals surface area contributed by atoms with Gasteiger partial charge in [-0.3, -0.25) is 0 Å². The van der Waals surface area contributed by atoms with E-state index in [1.807, 2.05) is 13.8 Å². The maximum atomic E-state index is 10.7. The second kappa shape index (κ2) is 5.82. The van der Waals surface area contributed by atoms with Crippen LogP contribution in [0.25, 0.3) is 0 Å². The van der Waals surface area contributed by atoms with Gasteiger partial charge < -0.3 is 20.7 Å². The van der Waals surface area contributed by atoms with Crippen molar-refractivity contribution < 1.29 is 19.7 Å². The summed E-state index contributed by atoms with van der Waals surface area (Å²) in [6.07, 6.45) is -0.403. The van der Waals surface area contributed by atoms with E-state index in [1.165, 1.54) is 0 Å². The smallest absolute Gasteiger partial charge is 0.405 e. The first-order valence-electron chi connectivity index (χ1n) is 4.77. The van der Waals surface area contributed by atoms with Crippen molar-refractivity contribution in [3.05, 3.63) is 0 Å². The number of ether oxygens (including phenoxy) is 1. The lowest BCUT2D eigenvalue weighted by atomic mass is 9.90. The Hall–Kier alpha value is -0.810. The summed E-state index contributed by atoms with van der Waals surface area (Å²) in [6, 6.07) is 0. The number of hydrogen-bond acceptors (Lipinski definition) is 4. The molecule has 0 spiro atoms. The van der Waals surface area contributed by atoms with Crippen LogP contribution in [0.1, 0.15) is 33.1 Å². The lowest BCUT2D eigenvalue weighted by molar-refractivity contribution is -0.0393. The Morgan fingerprint density at radius 3 is 2.29 bits per heavy atom. The Morgan fingerprint density at radius 1 is 1.50 bits per heavy atom. The Kier molecular flexibility index (Phi) is 5.49. The Balaban J connectivity index is 4.43. The highest BCUT2D eigenvalue weighted by atomic mass is 16.6. The molecule has 14 heavy (non-hydrogen) atoms. The highest BCUT2D eigenvalue weighted by Crippen LogP contribution is 2.26. The van der Waals surface area contributed by atoms with Crippen LogP contribution in [0, 0.1) is 0 Å². The highest BCUT2D eigenvalue weighted by molar-refractivity contribution is 5.65. The molecule has 84 valence electrons. The van der Waals surface area contributed by atoms with E-state index >= 15 is 0 Å². The Labute approximate surface area is 83.9 Å². The van der Waals surface area contributed by atoms with Crippen molar-refractivity contribution in [2.45, 2.75) is 44.8 Å². The number of aliphatic hydroxyl groups is 2. The number of carbonyl (C=O) groups excluding carboxylic acids is 1. The number of rotatable bonds is 6. The number of carbonyl (C=O) groups is 1. The highest BCUT2D eigenvalue weighted by Gasteiger charge is 2.32. The lowest BCUT2D eigenvalue weighted by Gasteiger charge is -2.32. The maximum Gasteiger partial charge on any atom is 0.405 e. The zero-order valence-electron chi connectivity index (χ0n) is 8.69. The fraction of sp³-hybridized carbons (Fsp3) is 0.889. The van der Waals surface area contributed by atoms with Crippen molar-refractivity contribution in [2.24, 2.45) is 5.73 Å². The minimum absolute atomic E-state index is 0.208. The van der Waals surface area contributed by atoms with Crippen molar-refractivity contribution in [3.63, 3.8) is 0 Å². The van der Waals surface area contributed by atoms with Gasteiger partial charge in [0, 0.05) is 6.42 Å². The van der Waals surface area contributed by atoms with Crippen LogP contribution in [0.3, 0.4) is 0 Å². The SMILES string of the molecule is CCC(CC)(CC(O)CO)OC(N)=O. The minimum atomic E-state index is -0.880. The van der Waals surface area contributed by atoms with Gasteiger partial charge in [0.1, 0.15) is 5.60 Å². The van der Waals surface area contributed by atoms with E-state index in [2.05, 4.69) is 0 Å². The Bertz CT molecular complexity index is 180. The monoisotopic (exact) mass is 205 g/mol. The molecule has 0 aliphatic heterocycles. The molecule has 0 aliphatic rings. The molecule has 0 aromatic carbocycles. The topological polar surface area (TPSA) is 92.8 Å². The van der Waals surface area contributed by atoms with Crippen LogP contribution in [0.5, 0.6) is 0 Å². The third-order valence-electron chi connectivity index (χ3n) is 2.42. The molecule has 4 N–H and O–H groups in total. The van der Waals surface area contributed by atoms with E-state index in [0.29, 0.717) is 12.8 Å². The molecule has 0 fully saturated rings. The first-order valence-corrected chi connectivity index (χ1v) is 4.77. The maximum absolute atomic E-state index is 10.7. The molecular formula is C9H19NO4. The molecule has 0 aromatic rings. The van der Waals surface area contributed by atoms with Crippen LogP contribution >= 0.6 is 0 Å². The van der Waals surface area contributed by atoms with E-state index in [-0.39, 0.29) is 13.0 Å². The zero-order valence-corrected chi connectivity index (χ0v) is 8.69. The van der Waals surface area contributed by atoms with E-state index in [1.54, 1.807) is 0 Å². The summed E-state index contributed by atoms with van der Waals surface area (Å²) in [7, 11) is 0. The summed E-state index contributed by atoms with van der Waals surface area (Å²) in [5.74, 6) is 0. The van der Waals surface area contributed by atoms with Crippen LogP contribution in [0.15, 0.2) is 0 Å². The van der Waals surface area contributed by atoms with Crippen LogP contribution in [0.4, 0.5) is 4.79 Å². The standard InChI is InChI=1S/C9H19NO4/c1-3-9(4-2,14-8(10)13)5-7(12)6-11/h7,11-12H,3-6H2,1-2H3,(H2,10,13). The van der Waals surface area contributed by atoms with Gasteiger partial charge in [-0.2, -0.15) is 0 Å².